The number of ether oxygens (including phenoxy) is 2. The molecule has 162 valence electrons. The van der Waals surface area contributed by atoms with E-state index in [1.165, 1.54) is 20.8 Å². The topological polar surface area (TPSA) is 35.5 Å². The summed E-state index contributed by atoms with van der Waals surface area (Å²) in [5.74, 6) is -16.8. The SMILES string of the molecule is CC(C)(C)C(C)(C)OC(=O)[C@](F)(OC(F)(F)C(F)(F)C(F)(F)F)C(F)(F)F. The zero-order valence-corrected chi connectivity index (χ0v) is 14.4. The molecule has 27 heavy (non-hydrogen) atoms. The first-order chi connectivity index (χ1) is 11.3. The Balaban J connectivity index is 6.13. The summed E-state index contributed by atoms with van der Waals surface area (Å²) >= 11 is 0. The quantitative estimate of drug-likeness (QED) is 0.435. The van der Waals surface area contributed by atoms with Crippen LogP contribution in [-0.2, 0) is 14.3 Å². The van der Waals surface area contributed by atoms with E-state index in [0.717, 1.165) is 13.8 Å². The van der Waals surface area contributed by atoms with Crippen LogP contribution in [-0.4, -0.2) is 41.8 Å². The van der Waals surface area contributed by atoms with Crippen LogP contribution in [0.1, 0.15) is 34.6 Å². The van der Waals surface area contributed by atoms with Crippen molar-refractivity contribution in [3.05, 3.63) is 0 Å². The van der Waals surface area contributed by atoms with E-state index in [9.17, 15) is 53.1 Å². The summed E-state index contributed by atoms with van der Waals surface area (Å²) in [5.41, 5.74) is -3.23. The van der Waals surface area contributed by atoms with Crippen molar-refractivity contribution in [1.29, 1.82) is 0 Å². The molecule has 0 aliphatic rings. The van der Waals surface area contributed by atoms with Crippen LogP contribution in [0.25, 0.3) is 0 Å². The van der Waals surface area contributed by atoms with E-state index in [1.54, 1.807) is 0 Å². The standard InChI is InChI=1S/C13H15F11O3/c1-7(2,3)8(4,5)26-6(25)9(14,11(17,18)19)27-13(23,24)10(15,16)12(20,21)22/h1-5H3/t9-/m0/s1. The number of hydrogen-bond donors (Lipinski definition) is 0. The molecule has 0 aromatic heterocycles. The fraction of sp³-hybridized carbons (Fsp3) is 0.923. The molecule has 0 bridgehead atoms. The smallest absolute Gasteiger partial charge is 0.455 e. The van der Waals surface area contributed by atoms with Gasteiger partial charge in [0.15, 0.2) is 0 Å². The van der Waals surface area contributed by atoms with Crippen molar-refractivity contribution in [2.75, 3.05) is 0 Å². The Morgan fingerprint density at radius 3 is 1.30 bits per heavy atom. The lowest BCUT2D eigenvalue weighted by Gasteiger charge is -2.40. The molecule has 0 heterocycles. The second kappa shape index (κ2) is 6.62. The van der Waals surface area contributed by atoms with Gasteiger partial charge in [0.25, 0.3) is 0 Å². The van der Waals surface area contributed by atoms with E-state index >= 15 is 0 Å². The van der Waals surface area contributed by atoms with Gasteiger partial charge in [-0.2, -0.15) is 48.3 Å². The van der Waals surface area contributed by atoms with Gasteiger partial charge in [-0.15, -0.1) is 0 Å². The van der Waals surface area contributed by atoms with Crippen LogP contribution in [0, 0.1) is 5.41 Å². The van der Waals surface area contributed by atoms with Gasteiger partial charge in [-0.3, -0.25) is 4.74 Å². The predicted molar refractivity (Wildman–Crippen MR) is 66.6 cm³/mol. The Hall–Kier alpha value is -1.34. The van der Waals surface area contributed by atoms with E-state index in [2.05, 4.69) is 9.47 Å². The van der Waals surface area contributed by atoms with Crippen molar-refractivity contribution in [2.45, 2.75) is 70.5 Å². The Kier molecular flexibility index (Phi) is 6.29. The molecule has 0 saturated carbocycles. The van der Waals surface area contributed by atoms with Gasteiger partial charge in [0, 0.05) is 5.41 Å². The average molecular weight is 428 g/mol. The van der Waals surface area contributed by atoms with Crippen LogP contribution in [0.5, 0.6) is 0 Å². The first-order valence-electron chi connectivity index (χ1n) is 6.85. The van der Waals surface area contributed by atoms with Crippen LogP contribution in [0.2, 0.25) is 0 Å². The van der Waals surface area contributed by atoms with Crippen molar-refractivity contribution < 1.29 is 62.6 Å². The Bertz CT molecular complexity index is 557. The summed E-state index contributed by atoms with van der Waals surface area (Å²) in [5, 5.41) is 0. The maximum Gasteiger partial charge on any atom is 0.462 e. The minimum Gasteiger partial charge on any atom is -0.455 e. The number of halogens is 11. The molecule has 0 radical (unpaired) electrons. The monoisotopic (exact) mass is 428 g/mol. The summed E-state index contributed by atoms with van der Waals surface area (Å²) in [6.45, 7) is 5.64. The molecule has 0 N–H and O–H groups in total. The van der Waals surface area contributed by atoms with Crippen molar-refractivity contribution >= 4 is 5.97 Å². The predicted octanol–water partition coefficient (Wildman–Crippen LogP) is 5.39. The molecule has 0 unspecified atom stereocenters. The van der Waals surface area contributed by atoms with E-state index in [1.807, 2.05) is 0 Å². The highest BCUT2D eigenvalue weighted by Crippen LogP contribution is 2.51. The van der Waals surface area contributed by atoms with Crippen LogP contribution in [0.4, 0.5) is 48.3 Å². The van der Waals surface area contributed by atoms with Gasteiger partial charge < -0.3 is 4.74 Å². The summed E-state index contributed by atoms with van der Waals surface area (Å²) in [6.07, 6.45) is -21.0. The summed E-state index contributed by atoms with van der Waals surface area (Å²) < 4.78 is 146. The maximum absolute atomic E-state index is 14.0. The van der Waals surface area contributed by atoms with Gasteiger partial charge in [-0.1, -0.05) is 20.8 Å². The summed E-state index contributed by atoms with van der Waals surface area (Å²) in [4.78, 5) is 11.5. The molecule has 14 heteroatoms. The van der Waals surface area contributed by atoms with Crippen LogP contribution >= 0.6 is 0 Å². The van der Waals surface area contributed by atoms with Crippen LogP contribution in [0.15, 0.2) is 0 Å². The number of alkyl halides is 11. The summed E-state index contributed by atoms with van der Waals surface area (Å²) in [6, 6.07) is 0. The van der Waals surface area contributed by atoms with Gasteiger partial charge in [0.1, 0.15) is 5.60 Å². The zero-order valence-electron chi connectivity index (χ0n) is 14.4. The number of hydrogen-bond acceptors (Lipinski definition) is 3. The molecular weight excluding hydrogens is 413 g/mol. The third-order valence-corrected chi connectivity index (χ3v) is 3.77. The molecule has 1 atom stereocenters. The zero-order chi connectivity index (χ0) is 22.5. The first kappa shape index (κ1) is 25.7. The molecule has 0 amide bonds. The lowest BCUT2D eigenvalue weighted by Crippen LogP contribution is -2.62. The molecular formula is C13H15F11O3. The molecule has 0 saturated heterocycles. The Labute approximate surface area is 145 Å². The molecule has 0 aromatic rings. The van der Waals surface area contributed by atoms with Gasteiger partial charge in [-0.05, 0) is 13.8 Å². The molecule has 0 aliphatic carbocycles. The van der Waals surface area contributed by atoms with Crippen molar-refractivity contribution in [1.82, 2.24) is 0 Å². The van der Waals surface area contributed by atoms with E-state index < -0.39 is 47.2 Å². The van der Waals surface area contributed by atoms with Gasteiger partial charge in [0.05, 0.1) is 0 Å². The fourth-order valence-electron chi connectivity index (χ4n) is 1.07. The number of rotatable bonds is 5. The van der Waals surface area contributed by atoms with Gasteiger partial charge >= 0.3 is 36.2 Å². The molecule has 0 fully saturated rings. The number of carbonyl (C=O) groups is 1. The summed E-state index contributed by atoms with van der Waals surface area (Å²) in [7, 11) is 0. The lowest BCUT2D eigenvalue weighted by molar-refractivity contribution is -0.475. The highest BCUT2D eigenvalue weighted by atomic mass is 19.4. The van der Waals surface area contributed by atoms with Crippen molar-refractivity contribution in [3.63, 3.8) is 0 Å². The molecule has 0 rings (SSSR count). The Morgan fingerprint density at radius 1 is 0.667 bits per heavy atom. The molecule has 3 nitrogen and oxygen atoms in total. The maximum atomic E-state index is 14.0. The molecule has 0 aliphatic heterocycles. The second-order valence-corrected chi connectivity index (χ2v) is 6.93. The van der Waals surface area contributed by atoms with Gasteiger partial charge in [0.2, 0.25) is 0 Å². The van der Waals surface area contributed by atoms with Gasteiger partial charge in [-0.25, -0.2) is 4.79 Å². The highest BCUT2D eigenvalue weighted by Gasteiger charge is 2.80. The second-order valence-electron chi connectivity index (χ2n) is 6.93. The van der Waals surface area contributed by atoms with E-state index in [4.69, 9.17) is 0 Å². The highest BCUT2D eigenvalue weighted by molar-refractivity contribution is 5.79. The Morgan fingerprint density at radius 2 is 1.04 bits per heavy atom. The van der Waals surface area contributed by atoms with Crippen LogP contribution in [0.3, 0.4) is 0 Å². The minimum absolute atomic E-state index is 0.921. The fourth-order valence-corrected chi connectivity index (χ4v) is 1.07. The average Bonchev–Trinajstić information content (AvgIpc) is 2.32. The largest absolute Gasteiger partial charge is 0.462 e. The van der Waals surface area contributed by atoms with E-state index in [0.29, 0.717) is 0 Å². The van der Waals surface area contributed by atoms with E-state index in [-0.39, 0.29) is 0 Å². The lowest BCUT2D eigenvalue weighted by atomic mass is 9.79. The molecule has 0 spiro atoms. The van der Waals surface area contributed by atoms with Crippen molar-refractivity contribution in [2.24, 2.45) is 5.41 Å². The number of carbonyl (C=O) groups excluding carboxylic acids is 1. The molecule has 0 aromatic carbocycles. The minimum atomic E-state index is -7.25. The third-order valence-electron chi connectivity index (χ3n) is 3.77. The first-order valence-corrected chi connectivity index (χ1v) is 6.85. The van der Waals surface area contributed by atoms with Crippen LogP contribution < -0.4 is 0 Å². The normalized spacial score (nSPS) is 17.5. The van der Waals surface area contributed by atoms with Crippen molar-refractivity contribution in [3.8, 4) is 0 Å². The number of esters is 1. The third kappa shape index (κ3) is 4.74.